The molecule has 0 aromatic heterocycles. The Morgan fingerprint density at radius 2 is 1.34 bits per heavy atom. The molecule has 4 aromatic rings. The fourth-order valence-electron chi connectivity index (χ4n) is 3.83. The molecule has 4 heteroatoms. The minimum absolute atomic E-state index is 0.342. The van der Waals surface area contributed by atoms with E-state index in [2.05, 4.69) is 0 Å². The smallest absolute Gasteiger partial charge is 0.157 e. The minimum Gasteiger partial charge on any atom is -0.488 e. The first kappa shape index (κ1) is 19.9. The van der Waals surface area contributed by atoms with Crippen LogP contribution in [-0.2, 0) is 19.6 Å². The number of hydrogen-bond acceptors (Lipinski definition) is 4. The van der Waals surface area contributed by atoms with Crippen LogP contribution in [0.5, 0.6) is 23.0 Å². The number of benzene rings is 4. The average Bonchev–Trinajstić information content (AvgIpc) is 2.86. The number of para-hydroxylation sites is 1. The molecule has 1 aliphatic heterocycles. The summed E-state index contributed by atoms with van der Waals surface area (Å²) in [5, 5.41) is 0. The van der Waals surface area contributed by atoms with Crippen molar-refractivity contribution < 1.29 is 19.0 Å². The molecule has 0 saturated heterocycles. The van der Waals surface area contributed by atoms with Crippen molar-refractivity contribution in [2.45, 2.75) is 19.6 Å². The summed E-state index contributed by atoms with van der Waals surface area (Å²) in [7, 11) is 0. The Kier molecular flexibility index (Phi) is 5.58. The summed E-state index contributed by atoms with van der Waals surface area (Å²) in [6.45, 7) is 0.753. The molecular formula is C28H22O4. The Bertz CT molecular complexity index is 1230. The van der Waals surface area contributed by atoms with Crippen LogP contribution in [0, 0.1) is 0 Å². The van der Waals surface area contributed by atoms with Crippen LogP contribution >= 0.6 is 0 Å². The molecule has 0 fully saturated rings. The number of carbonyl (C=O) groups excluding carboxylic acids is 1. The molecule has 0 saturated carbocycles. The fraction of sp³-hybridized carbons (Fsp3) is 0.107. The summed E-state index contributed by atoms with van der Waals surface area (Å²) < 4.78 is 18.5. The largest absolute Gasteiger partial charge is 0.488 e. The molecule has 1 aliphatic rings. The fourth-order valence-corrected chi connectivity index (χ4v) is 3.83. The van der Waals surface area contributed by atoms with Crippen molar-refractivity contribution >= 4 is 6.29 Å². The normalized spacial score (nSPS) is 11.6. The first-order valence-corrected chi connectivity index (χ1v) is 10.6. The topological polar surface area (TPSA) is 44.8 Å². The van der Waals surface area contributed by atoms with Gasteiger partial charge < -0.3 is 14.2 Å². The maximum atomic E-state index is 12.1. The van der Waals surface area contributed by atoms with Gasteiger partial charge >= 0.3 is 0 Å². The Morgan fingerprint density at radius 1 is 0.750 bits per heavy atom. The Hall–Kier alpha value is -4.05. The summed E-state index contributed by atoms with van der Waals surface area (Å²) in [5.74, 6) is 2.36. The van der Waals surface area contributed by atoms with E-state index in [9.17, 15) is 4.79 Å². The first-order chi connectivity index (χ1) is 15.8. The third-order valence-corrected chi connectivity index (χ3v) is 5.49. The predicted molar refractivity (Wildman–Crippen MR) is 123 cm³/mol. The van der Waals surface area contributed by atoms with E-state index in [1.807, 2.05) is 91.0 Å². The van der Waals surface area contributed by atoms with Crippen LogP contribution in [0.1, 0.15) is 32.6 Å². The summed E-state index contributed by atoms with van der Waals surface area (Å²) in [6.07, 6.45) is 1.42. The van der Waals surface area contributed by atoms with Crippen LogP contribution in [0.3, 0.4) is 0 Å². The number of carbonyl (C=O) groups is 1. The van der Waals surface area contributed by atoms with Crippen molar-refractivity contribution in [1.82, 2.24) is 0 Å². The SMILES string of the molecule is O=Cc1c(OCc2ccccc2)cc(OCc2ccccc2)c2c1Oc1ccccc1C2. The summed E-state index contributed by atoms with van der Waals surface area (Å²) in [6, 6.07) is 29.5. The molecule has 0 amide bonds. The number of fused-ring (bicyclic) bond motifs is 2. The monoisotopic (exact) mass is 422 g/mol. The predicted octanol–water partition coefficient (Wildman–Crippen LogP) is 6.35. The molecule has 0 radical (unpaired) electrons. The Balaban J connectivity index is 1.52. The lowest BCUT2D eigenvalue weighted by Crippen LogP contribution is -2.10. The molecule has 4 nitrogen and oxygen atoms in total. The van der Waals surface area contributed by atoms with Crippen molar-refractivity contribution in [2.24, 2.45) is 0 Å². The molecule has 5 rings (SSSR count). The molecule has 1 heterocycles. The van der Waals surface area contributed by atoms with E-state index in [1.54, 1.807) is 0 Å². The van der Waals surface area contributed by atoms with Crippen LogP contribution < -0.4 is 14.2 Å². The van der Waals surface area contributed by atoms with Gasteiger partial charge in [-0.2, -0.15) is 0 Å². The van der Waals surface area contributed by atoms with Gasteiger partial charge in [-0.25, -0.2) is 0 Å². The summed E-state index contributed by atoms with van der Waals surface area (Å²) >= 11 is 0. The van der Waals surface area contributed by atoms with Gasteiger partial charge in [-0.1, -0.05) is 78.9 Å². The average molecular weight is 422 g/mol. The molecule has 0 N–H and O–H groups in total. The Labute approximate surface area is 187 Å². The van der Waals surface area contributed by atoms with E-state index in [0.29, 0.717) is 42.4 Å². The number of ether oxygens (including phenoxy) is 3. The van der Waals surface area contributed by atoms with Gasteiger partial charge in [-0.3, -0.25) is 4.79 Å². The Morgan fingerprint density at radius 3 is 2.00 bits per heavy atom. The molecule has 32 heavy (non-hydrogen) atoms. The zero-order chi connectivity index (χ0) is 21.8. The first-order valence-electron chi connectivity index (χ1n) is 10.6. The molecule has 0 unspecified atom stereocenters. The van der Waals surface area contributed by atoms with E-state index < -0.39 is 0 Å². The van der Waals surface area contributed by atoms with Gasteiger partial charge in [0.05, 0.1) is 5.56 Å². The third kappa shape index (κ3) is 4.08. The molecule has 0 aliphatic carbocycles. The number of aldehydes is 1. The van der Waals surface area contributed by atoms with Gasteiger partial charge in [-0.15, -0.1) is 0 Å². The van der Waals surface area contributed by atoms with E-state index in [4.69, 9.17) is 14.2 Å². The van der Waals surface area contributed by atoms with Gasteiger partial charge in [0, 0.05) is 18.1 Å². The highest BCUT2D eigenvalue weighted by Gasteiger charge is 2.27. The zero-order valence-electron chi connectivity index (χ0n) is 17.5. The van der Waals surface area contributed by atoms with Gasteiger partial charge in [0.2, 0.25) is 0 Å². The van der Waals surface area contributed by atoms with Crippen molar-refractivity contribution in [3.63, 3.8) is 0 Å². The van der Waals surface area contributed by atoms with Crippen molar-refractivity contribution in [2.75, 3.05) is 0 Å². The third-order valence-electron chi connectivity index (χ3n) is 5.49. The molecule has 4 aromatic carbocycles. The lowest BCUT2D eigenvalue weighted by Gasteiger charge is -2.25. The summed E-state index contributed by atoms with van der Waals surface area (Å²) in [4.78, 5) is 12.1. The second-order valence-corrected chi connectivity index (χ2v) is 7.65. The van der Waals surface area contributed by atoms with Gasteiger partial charge in [0.1, 0.15) is 36.2 Å². The van der Waals surface area contributed by atoms with Crippen LogP contribution in [-0.4, -0.2) is 6.29 Å². The highest BCUT2D eigenvalue weighted by atomic mass is 16.5. The maximum Gasteiger partial charge on any atom is 0.157 e. The zero-order valence-corrected chi connectivity index (χ0v) is 17.5. The highest BCUT2D eigenvalue weighted by molar-refractivity contribution is 5.86. The van der Waals surface area contributed by atoms with E-state index in [1.165, 1.54) is 0 Å². The van der Waals surface area contributed by atoms with Crippen molar-refractivity contribution in [1.29, 1.82) is 0 Å². The minimum atomic E-state index is 0.342. The number of hydrogen-bond donors (Lipinski definition) is 0. The molecular weight excluding hydrogens is 400 g/mol. The van der Waals surface area contributed by atoms with Crippen LogP contribution in [0.25, 0.3) is 0 Å². The lowest BCUT2D eigenvalue weighted by molar-refractivity contribution is 0.111. The molecule has 0 bridgehead atoms. The molecule has 0 atom stereocenters. The van der Waals surface area contributed by atoms with E-state index in [-0.39, 0.29) is 0 Å². The van der Waals surface area contributed by atoms with Crippen molar-refractivity contribution in [3.05, 3.63) is 119 Å². The van der Waals surface area contributed by atoms with Crippen molar-refractivity contribution in [3.8, 4) is 23.0 Å². The highest BCUT2D eigenvalue weighted by Crippen LogP contribution is 2.46. The quantitative estimate of drug-likeness (QED) is 0.287. The second-order valence-electron chi connectivity index (χ2n) is 7.65. The maximum absolute atomic E-state index is 12.1. The van der Waals surface area contributed by atoms with Gasteiger partial charge in [0.25, 0.3) is 0 Å². The van der Waals surface area contributed by atoms with Gasteiger partial charge in [0.15, 0.2) is 6.29 Å². The van der Waals surface area contributed by atoms with E-state index >= 15 is 0 Å². The molecule has 158 valence electrons. The van der Waals surface area contributed by atoms with Crippen LogP contribution in [0.4, 0.5) is 0 Å². The lowest BCUT2D eigenvalue weighted by atomic mass is 9.96. The van der Waals surface area contributed by atoms with E-state index in [0.717, 1.165) is 34.3 Å². The standard InChI is InChI=1S/C28H22O4/c29-17-24-27(31-19-21-11-5-2-6-12-21)16-26(30-18-20-9-3-1-4-10-20)23-15-22-13-7-8-14-25(22)32-28(23)24/h1-14,16-17H,15,18-19H2. The second kappa shape index (κ2) is 8.98. The van der Waals surface area contributed by atoms with Gasteiger partial charge in [-0.05, 0) is 22.8 Å². The summed E-state index contributed by atoms with van der Waals surface area (Å²) in [5.41, 5.74) is 4.38. The number of rotatable bonds is 7. The van der Waals surface area contributed by atoms with Crippen LogP contribution in [0.2, 0.25) is 0 Å². The molecule has 0 spiro atoms. The van der Waals surface area contributed by atoms with Crippen LogP contribution in [0.15, 0.2) is 91.0 Å².